The molecule has 32 heavy (non-hydrogen) atoms. The van der Waals surface area contributed by atoms with Crippen LogP contribution in [0.2, 0.25) is 0 Å². The molecule has 0 bridgehead atoms. The van der Waals surface area contributed by atoms with Gasteiger partial charge in [0.15, 0.2) is 4.96 Å². The van der Waals surface area contributed by atoms with Crippen LogP contribution in [-0.4, -0.2) is 26.7 Å². The number of hydrogen-bond acceptors (Lipinski definition) is 4. The Morgan fingerprint density at radius 1 is 1.19 bits per heavy atom. The highest BCUT2D eigenvalue weighted by molar-refractivity contribution is 7.15. The molecule has 1 fully saturated rings. The predicted octanol–water partition coefficient (Wildman–Crippen LogP) is 5.95. The van der Waals surface area contributed by atoms with Crippen LogP contribution in [-0.2, 0) is 17.8 Å². The third-order valence-electron chi connectivity index (χ3n) is 6.25. The first-order chi connectivity index (χ1) is 15.7. The van der Waals surface area contributed by atoms with Crippen LogP contribution in [0, 0.1) is 11.7 Å². The summed E-state index contributed by atoms with van der Waals surface area (Å²) in [5.74, 6) is 0.922. The summed E-state index contributed by atoms with van der Waals surface area (Å²) in [6.07, 6.45) is 9.86. The van der Waals surface area contributed by atoms with Crippen LogP contribution < -0.4 is 0 Å². The van der Waals surface area contributed by atoms with Gasteiger partial charge in [0.1, 0.15) is 11.6 Å². The summed E-state index contributed by atoms with van der Waals surface area (Å²) in [5.41, 5.74) is 2.83. The Bertz CT molecular complexity index is 1170. The van der Waals surface area contributed by atoms with Crippen molar-refractivity contribution in [2.45, 2.75) is 45.1 Å². The SMILES string of the molecule is O=C(C1CCCCC1)N(CCc1csc2nc(-c3ccc(F)cc3)cn12)Cc1ccco1. The largest absolute Gasteiger partial charge is 0.467 e. The molecule has 0 N–H and O–H groups in total. The zero-order chi connectivity index (χ0) is 21.9. The van der Waals surface area contributed by atoms with Crippen molar-refractivity contribution in [3.8, 4) is 11.3 Å². The molecule has 1 amide bonds. The van der Waals surface area contributed by atoms with Gasteiger partial charge in [-0.25, -0.2) is 9.37 Å². The quantitative estimate of drug-likeness (QED) is 0.349. The number of furan rings is 1. The van der Waals surface area contributed by atoms with Crippen molar-refractivity contribution in [3.05, 3.63) is 71.5 Å². The number of thiazole rings is 1. The van der Waals surface area contributed by atoms with Crippen molar-refractivity contribution in [1.82, 2.24) is 14.3 Å². The summed E-state index contributed by atoms with van der Waals surface area (Å²) in [4.78, 5) is 20.8. The van der Waals surface area contributed by atoms with E-state index in [9.17, 15) is 9.18 Å². The fourth-order valence-corrected chi connectivity index (χ4v) is 5.39. The van der Waals surface area contributed by atoms with Gasteiger partial charge in [0.05, 0.1) is 18.5 Å². The van der Waals surface area contributed by atoms with Crippen LogP contribution in [0.15, 0.2) is 58.7 Å². The Morgan fingerprint density at radius 2 is 2.00 bits per heavy atom. The summed E-state index contributed by atoms with van der Waals surface area (Å²) in [6.45, 7) is 1.13. The van der Waals surface area contributed by atoms with E-state index in [-0.39, 0.29) is 17.6 Å². The van der Waals surface area contributed by atoms with Crippen LogP contribution in [0.4, 0.5) is 4.39 Å². The second-order valence-corrected chi connectivity index (χ2v) is 9.27. The fourth-order valence-electron chi connectivity index (χ4n) is 4.48. The van der Waals surface area contributed by atoms with Crippen molar-refractivity contribution in [3.63, 3.8) is 0 Å². The summed E-state index contributed by atoms with van der Waals surface area (Å²) in [7, 11) is 0. The maximum Gasteiger partial charge on any atom is 0.226 e. The second-order valence-electron chi connectivity index (χ2n) is 8.44. The lowest BCUT2D eigenvalue weighted by Crippen LogP contribution is -2.38. The first kappa shape index (κ1) is 20.9. The van der Waals surface area contributed by atoms with Crippen LogP contribution in [0.5, 0.6) is 0 Å². The molecule has 1 saturated carbocycles. The molecule has 0 saturated heterocycles. The minimum absolute atomic E-state index is 0.125. The molecule has 7 heteroatoms. The number of nitrogens with zero attached hydrogens (tertiary/aromatic N) is 3. The number of benzene rings is 1. The highest BCUT2D eigenvalue weighted by Crippen LogP contribution is 2.27. The number of aromatic nitrogens is 2. The molecule has 3 heterocycles. The number of imidazole rings is 1. The zero-order valence-electron chi connectivity index (χ0n) is 17.9. The van der Waals surface area contributed by atoms with E-state index >= 15 is 0 Å². The van der Waals surface area contributed by atoms with Crippen LogP contribution in [0.25, 0.3) is 16.2 Å². The first-order valence-corrected chi connectivity index (χ1v) is 12.1. The van der Waals surface area contributed by atoms with Gasteiger partial charge in [0, 0.05) is 41.7 Å². The molecule has 5 rings (SSSR count). The highest BCUT2D eigenvalue weighted by Gasteiger charge is 2.26. The molecular weight excluding hydrogens is 425 g/mol. The second kappa shape index (κ2) is 9.28. The molecule has 5 nitrogen and oxygen atoms in total. The average Bonchev–Trinajstić information content (AvgIpc) is 3.56. The van der Waals surface area contributed by atoms with Gasteiger partial charge in [-0.15, -0.1) is 11.3 Å². The van der Waals surface area contributed by atoms with Gasteiger partial charge in [-0.1, -0.05) is 19.3 Å². The Morgan fingerprint density at radius 3 is 2.75 bits per heavy atom. The van der Waals surface area contributed by atoms with E-state index in [2.05, 4.69) is 9.78 Å². The van der Waals surface area contributed by atoms with Gasteiger partial charge >= 0.3 is 0 Å². The number of amides is 1. The van der Waals surface area contributed by atoms with Crippen LogP contribution in [0.1, 0.15) is 43.6 Å². The van der Waals surface area contributed by atoms with E-state index < -0.39 is 0 Å². The Balaban J connectivity index is 1.33. The number of fused-ring (bicyclic) bond motifs is 1. The number of hydrogen-bond donors (Lipinski definition) is 0. The molecule has 3 aromatic heterocycles. The predicted molar refractivity (Wildman–Crippen MR) is 123 cm³/mol. The molecule has 1 aliphatic rings. The van der Waals surface area contributed by atoms with Crippen molar-refractivity contribution >= 4 is 22.2 Å². The van der Waals surface area contributed by atoms with Crippen molar-refractivity contribution < 1.29 is 13.6 Å². The minimum atomic E-state index is -0.255. The Kier molecular flexibility index (Phi) is 6.08. The third-order valence-corrected chi connectivity index (χ3v) is 7.14. The molecule has 0 atom stereocenters. The van der Waals surface area contributed by atoms with E-state index in [1.165, 1.54) is 18.6 Å². The van der Waals surface area contributed by atoms with Crippen LogP contribution in [0.3, 0.4) is 0 Å². The van der Waals surface area contributed by atoms with Gasteiger partial charge in [-0.3, -0.25) is 9.20 Å². The van der Waals surface area contributed by atoms with Gasteiger partial charge < -0.3 is 9.32 Å². The molecule has 0 spiro atoms. The lowest BCUT2D eigenvalue weighted by molar-refractivity contribution is -0.137. The maximum absolute atomic E-state index is 13.3. The van der Waals surface area contributed by atoms with Gasteiger partial charge in [0.2, 0.25) is 5.91 Å². The monoisotopic (exact) mass is 451 g/mol. The van der Waals surface area contributed by atoms with E-state index in [0.29, 0.717) is 13.1 Å². The first-order valence-electron chi connectivity index (χ1n) is 11.2. The summed E-state index contributed by atoms with van der Waals surface area (Å²) >= 11 is 1.58. The van der Waals surface area contributed by atoms with Gasteiger partial charge in [0.25, 0.3) is 0 Å². The molecule has 0 unspecified atom stereocenters. The molecule has 1 aromatic carbocycles. The maximum atomic E-state index is 13.3. The molecular formula is C25H26FN3O2S. The zero-order valence-corrected chi connectivity index (χ0v) is 18.7. The molecule has 166 valence electrons. The molecule has 0 radical (unpaired) electrons. The third kappa shape index (κ3) is 4.48. The normalized spacial score (nSPS) is 14.8. The number of halogens is 1. The van der Waals surface area contributed by atoms with Crippen molar-refractivity contribution in [2.75, 3.05) is 6.54 Å². The van der Waals surface area contributed by atoms with Gasteiger partial charge in [-0.2, -0.15) is 0 Å². The van der Waals surface area contributed by atoms with E-state index in [1.807, 2.05) is 23.2 Å². The number of carbonyl (C=O) groups excluding carboxylic acids is 1. The van der Waals surface area contributed by atoms with Crippen molar-refractivity contribution in [1.29, 1.82) is 0 Å². The lowest BCUT2D eigenvalue weighted by atomic mass is 9.88. The van der Waals surface area contributed by atoms with Crippen molar-refractivity contribution in [2.24, 2.45) is 5.92 Å². The smallest absolute Gasteiger partial charge is 0.226 e. The Hall–Kier alpha value is -2.93. The number of carbonyl (C=O) groups is 1. The van der Waals surface area contributed by atoms with E-state index in [4.69, 9.17) is 9.40 Å². The summed E-state index contributed by atoms with van der Waals surface area (Å²) < 4.78 is 20.9. The Labute approximate surface area is 190 Å². The van der Waals surface area contributed by atoms with E-state index in [1.54, 1.807) is 29.7 Å². The topological polar surface area (TPSA) is 50.8 Å². The van der Waals surface area contributed by atoms with Crippen LogP contribution >= 0.6 is 11.3 Å². The molecule has 4 aromatic rings. The number of rotatable bonds is 7. The molecule has 0 aliphatic heterocycles. The highest BCUT2D eigenvalue weighted by atomic mass is 32.1. The average molecular weight is 452 g/mol. The van der Waals surface area contributed by atoms with Gasteiger partial charge in [-0.05, 0) is 49.2 Å². The molecule has 1 aliphatic carbocycles. The lowest BCUT2D eigenvalue weighted by Gasteiger charge is -2.29. The van der Waals surface area contributed by atoms with E-state index in [0.717, 1.165) is 59.8 Å². The standard InChI is InChI=1S/C25H26FN3O2S/c26-20-10-8-18(9-11-20)23-16-29-21(17-32-25(29)27-23)12-13-28(15-22-7-4-14-31-22)24(30)19-5-2-1-3-6-19/h4,7-11,14,16-17,19H,1-3,5-6,12-13,15H2. The fraction of sp³-hybridized carbons (Fsp3) is 0.360. The minimum Gasteiger partial charge on any atom is -0.467 e. The summed E-state index contributed by atoms with van der Waals surface area (Å²) in [5, 5.41) is 2.10. The summed E-state index contributed by atoms with van der Waals surface area (Å²) in [6, 6.07) is 10.2.